The first-order valence-electron chi connectivity index (χ1n) is 15.6. The van der Waals surface area contributed by atoms with Gasteiger partial charge in [0.15, 0.2) is 24.6 Å². The zero-order valence-electron chi connectivity index (χ0n) is 26.5. The molecular weight excluding hydrogens is 626 g/mol. The molecule has 1 amide bonds. The van der Waals surface area contributed by atoms with E-state index in [-0.39, 0.29) is 25.5 Å². The van der Waals surface area contributed by atoms with Crippen molar-refractivity contribution >= 4 is 30.0 Å². The lowest BCUT2D eigenvalue weighted by atomic mass is 9.96. The first-order chi connectivity index (χ1) is 23.1. The molecule has 2 heterocycles. The fourth-order valence-electron chi connectivity index (χ4n) is 6.55. The molecule has 4 aliphatic rings. The first-order valence-corrected chi connectivity index (χ1v) is 15.6. The average molecular weight is 662 g/mol. The van der Waals surface area contributed by atoms with E-state index < -0.39 is 72.9 Å². The summed E-state index contributed by atoms with van der Waals surface area (Å²) in [5, 5.41) is 2.66. The maximum atomic E-state index is 13.1. The van der Waals surface area contributed by atoms with E-state index in [0.717, 1.165) is 43.0 Å². The van der Waals surface area contributed by atoms with Crippen molar-refractivity contribution in [2.24, 2.45) is 0 Å². The Bertz CT molecular complexity index is 1620. The predicted molar refractivity (Wildman–Crippen MR) is 165 cm³/mol. The van der Waals surface area contributed by atoms with Gasteiger partial charge in [-0.05, 0) is 27.8 Å². The second-order valence-corrected chi connectivity index (χ2v) is 11.8. The van der Waals surface area contributed by atoms with Gasteiger partial charge in [0.25, 0.3) is 0 Å². The molecule has 13 heteroatoms. The Morgan fingerprint density at radius 3 is 2.08 bits per heavy atom. The van der Waals surface area contributed by atoms with E-state index in [4.69, 9.17) is 33.2 Å². The maximum absolute atomic E-state index is 13.1. The van der Waals surface area contributed by atoms with Gasteiger partial charge in [-0.25, -0.2) is 9.59 Å². The molecule has 1 N–H and O–H groups in total. The smallest absolute Gasteiger partial charge is 0.407 e. The zero-order valence-corrected chi connectivity index (χ0v) is 26.5. The molecule has 1 saturated heterocycles. The van der Waals surface area contributed by atoms with Crippen molar-refractivity contribution in [2.75, 3.05) is 13.2 Å². The quantitative estimate of drug-likeness (QED) is 0.309. The number of hydrogen-bond acceptors (Lipinski definition) is 12. The Morgan fingerprint density at radius 1 is 0.833 bits per heavy atom. The molecule has 0 radical (unpaired) electrons. The molecule has 0 bridgehead atoms. The van der Waals surface area contributed by atoms with E-state index in [0.29, 0.717) is 5.57 Å². The number of nitrogens with one attached hydrogen (secondary N) is 1. The molecule has 0 aromatic heterocycles. The fourth-order valence-corrected chi connectivity index (χ4v) is 6.55. The number of fused-ring (bicyclic) bond motifs is 4. The Hall–Kier alpha value is -5.01. The minimum absolute atomic E-state index is 0.0608. The number of ether oxygens (including phenoxy) is 7. The lowest BCUT2D eigenvalue weighted by Gasteiger charge is -2.45. The van der Waals surface area contributed by atoms with Crippen LogP contribution in [-0.4, -0.2) is 86.0 Å². The van der Waals surface area contributed by atoms with E-state index in [9.17, 15) is 24.0 Å². The van der Waals surface area contributed by atoms with Gasteiger partial charge in [-0.15, -0.1) is 0 Å². The number of rotatable bonds is 9. The number of carbonyl (C=O) groups is 5. The molecule has 48 heavy (non-hydrogen) atoms. The van der Waals surface area contributed by atoms with Crippen molar-refractivity contribution < 1.29 is 57.1 Å². The van der Waals surface area contributed by atoms with E-state index >= 15 is 0 Å². The van der Waals surface area contributed by atoms with Crippen molar-refractivity contribution in [3.8, 4) is 11.1 Å². The molecule has 0 spiro atoms. The largest absolute Gasteiger partial charge is 0.456 e. The SMILES string of the molecule is CC(=O)O[C@H]1[C@@H](OC(C)=O)[C@@H](CNC(=O)OCC2c3ccccc3-c3ccccc32)O[C@@H](O[C@@H]2C=CC3=CC(=O)O[C@@H]3C2)[C@@H]1OC(C)=O. The highest BCUT2D eigenvalue weighted by molar-refractivity contribution is 5.87. The van der Waals surface area contributed by atoms with Gasteiger partial charge in [0.05, 0.1) is 12.6 Å². The Balaban J connectivity index is 1.18. The van der Waals surface area contributed by atoms with Gasteiger partial charge < -0.3 is 38.5 Å². The number of esters is 4. The third-order valence-corrected chi connectivity index (χ3v) is 8.46. The summed E-state index contributed by atoms with van der Waals surface area (Å²) in [6.07, 6.45) is -3.46. The number of benzene rings is 2. The van der Waals surface area contributed by atoms with Crippen LogP contribution in [0.4, 0.5) is 4.79 Å². The summed E-state index contributed by atoms with van der Waals surface area (Å²) in [5.41, 5.74) is 4.95. The normalized spacial score (nSPS) is 27.0. The van der Waals surface area contributed by atoms with Gasteiger partial charge in [-0.2, -0.15) is 0 Å². The van der Waals surface area contributed by atoms with E-state index in [1.165, 1.54) is 6.08 Å². The molecule has 2 aliphatic carbocycles. The van der Waals surface area contributed by atoms with Crippen LogP contribution in [0.2, 0.25) is 0 Å². The second-order valence-electron chi connectivity index (χ2n) is 11.8. The Morgan fingerprint density at radius 2 is 1.44 bits per heavy atom. The van der Waals surface area contributed by atoms with Crippen molar-refractivity contribution in [1.29, 1.82) is 0 Å². The fraction of sp³-hybridized carbons (Fsp3) is 0.400. The minimum atomic E-state index is -1.37. The third-order valence-electron chi connectivity index (χ3n) is 8.46. The highest BCUT2D eigenvalue weighted by Gasteiger charge is 2.53. The highest BCUT2D eigenvalue weighted by atomic mass is 16.7. The van der Waals surface area contributed by atoms with Crippen molar-refractivity contribution in [1.82, 2.24) is 5.32 Å². The van der Waals surface area contributed by atoms with E-state index in [1.807, 2.05) is 48.5 Å². The van der Waals surface area contributed by atoms with Gasteiger partial charge in [-0.1, -0.05) is 60.7 Å². The van der Waals surface area contributed by atoms with E-state index in [1.54, 1.807) is 12.2 Å². The lowest BCUT2D eigenvalue weighted by Crippen LogP contribution is -2.64. The van der Waals surface area contributed by atoms with Crippen LogP contribution in [0, 0.1) is 0 Å². The molecule has 2 aromatic carbocycles. The van der Waals surface area contributed by atoms with Gasteiger partial charge in [-0.3, -0.25) is 14.4 Å². The summed E-state index contributed by atoms with van der Waals surface area (Å²) in [6.45, 7) is 3.27. The van der Waals surface area contributed by atoms with Gasteiger partial charge in [0.1, 0.15) is 18.8 Å². The minimum Gasteiger partial charge on any atom is -0.456 e. The van der Waals surface area contributed by atoms with Crippen LogP contribution in [0.1, 0.15) is 44.2 Å². The van der Waals surface area contributed by atoms with Crippen molar-refractivity contribution in [3.63, 3.8) is 0 Å². The molecule has 252 valence electrons. The molecule has 7 atom stereocenters. The van der Waals surface area contributed by atoms with Gasteiger partial charge in [0, 0.05) is 39.2 Å². The standard InChI is InChI=1S/C35H35NO12/c1-18(37)43-31-29(16-36-35(41)42-17-27-25-10-6-4-8-23(25)24-9-5-7-11-26(24)27)48-34(33(45-20(3)39)32(31)44-19(2)38)46-22-13-12-21-14-30(40)47-28(21)15-22/h4-14,22,27-29,31-34H,15-17H2,1-3H3,(H,36,41)/t22-,28-,29-,31+,32+,33-,34-/m1/s1. The van der Waals surface area contributed by atoms with Crippen molar-refractivity contribution in [3.05, 3.63) is 83.5 Å². The third kappa shape index (κ3) is 7.11. The van der Waals surface area contributed by atoms with Crippen LogP contribution in [-0.2, 0) is 52.3 Å². The summed E-state index contributed by atoms with van der Waals surface area (Å²) >= 11 is 0. The summed E-state index contributed by atoms with van der Waals surface area (Å²) in [7, 11) is 0. The molecule has 0 unspecified atom stereocenters. The summed E-state index contributed by atoms with van der Waals surface area (Å²) in [4.78, 5) is 61.5. The van der Waals surface area contributed by atoms with Gasteiger partial charge >= 0.3 is 30.0 Å². The molecule has 2 aromatic rings. The number of hydrogen-bond donors (Lipinski definition) is 1. The Kier molecular flexibility index (Phi) is 9.60. The average Bonchev–Trinajstić information content (AvgIpc) is 3.57. The topological polar surface area (TPSA) is 162 Å². The van der Waals surface area contributed by atoms with Crippen LogP contribution >= 0.6 is 0 Å². The summed E-state index contributed by atoms with van der Waals surface area (Å²) < 4.78 is 39.9. The maximum Gasteiger partial charge on any atom is 0.407 e. The molecule has 1 fully saturated rings. The van der Waals surface area contributed by atoms with Gasteiger partial charge in [0.2, 0.25) is 0 Å². The first kappa shape index (κ1) is 32.9. The number of amides is 1. The van der Waals surface area contributed by atoms with Crippen molar-refractivity contribution in [2.45, 2.75) is 76.0 Å². The second kappa shape index (κ2) is 14.0. The Labute approximate surface area is 276 Å². The van der Waals surface area contributed by atoms with E-state index in [2.05, 4.69) is 5.32 Å². The van der Waals surface area contributed by atoms with Crippen LogP contribution < -0.4 is 5.32 Å². The number of alkyl carbamates (subject to hydrolysis) is 1. The zero-order chi connectivity index (χ0) is 33.9. The molecule has 0 saturated carbocycles. The monoisotopic (exact) mass is 661 g/mol. The summed E-state index contributed by atoms with van der Waals surface area (Å²) in [6, 6.07) is 15.9. The van der Waals surface area contributed by atoms with Crippen LogP contribution in [0.15, 0.2) is 72.3 Å². The number of carbonyl (C=O) groups excluding carboxylic acids is 5. The molecule has 2 aliphatic heterocycles. The van der Waals surface area contributed by atoms with Crippen LogP contribution in [0.3, 0.4) is 0 Å². The summed E-state index contributed by atoms with van der Waals surface area (Å²) in [5.74, 6) is -2.85. The van der Waals surface area contributed by atoms with Crippen LogP contribution in [0.5, 0.6) is 0 Å². The lowest BCUT2D eigenvalue weighted by molar-refractivity contribution is -0.309. The molecule has 6 rings (SSSR count). The van der Waals surface area contributed by atoms with Crippen LogP contribution in [0.25, 0.3) is 11.1 Å². The predicted octanol–water partition coefficient (Wildman–Crippen LogP) is 3.24. The molecular formula is C35H35NO12. The molecule has 13 nitrogen and oxygen atoms in total. The highest BCUT2D eigenvalue weighted by Crippen LogP contribution is 2.44.